The Balaban J connectivity index is 1.62. The third-order valence-corrected chi connectivity index (χ3v) is 5.18. The Bertz CT molecular complexity index is 1060. The summed E-state index contributed by atoms with van der Waals surface area (Å²) in [7, 11) is 0. The number of hydrogen-bond donors (Lipinski definition) is 3. The van der Waals surface area contributed by atoms with Gasteiger partial charge in [-0.25, -0.2) is 0 Å². The Labute approximate surface area is 182 Å². The van der Waals surface area contributed by atoms with E-state index in [2.05, 4.69) is 20.8 Å². The van der Waals surface area contributed by atoms with Crippen LogP contribution in [0.3, 0.4) is 0 Å². The first-order valence-electron chi connectivity index (χ1n) is 9.54. The van der Waals surface area contributed by atoms with Crippen LogP contribution in [0.4, 0.5) is 5.69 Å². The van der Waals surface area contributed by atoms with E-state index in [9.17, 15) is 14.4 Å². The fourth-order valence-electron chi connectivity index (χ4n) is 2.77. The van der Waals surface area contributed by atoms with Crippen LogP contribution in [-0.2, 0) is 16.1 Å². The van der Waals surface area contributed by atoms with Crippen LogP contribution < -0.4 is 16.4 Å². The van der Waals surface area contributed by atoms with Crippen molar-refractivity contribution in [3.63, 3.8) is 0 Å². The Morgan fingerprint density at radius 2 is 1.97 bits per heavy atom. The zero-order chi connectivity index (χ0) is 22.2. The number of primary amides is 1. The highest BCUT2D eigenvalue weighted by Crippen LogP contribution is 2.24. The second kappa shape index (κ2) is 10.4. The molecule has 10 nitrogen and oxygen atoms in total. The van der Waals surface area contributed by atoms with E-state index < -0.39 is 11.8 Å². The standard InChI is InChI=1S/C20H22N6O4S/c1-2-26-18(15-8-5-11-30-15)24-25-20(26)31-12-17(28)23-14-7-4-3-6-13(14)19(29)22-10-9-16(21)27/h3-8,11H,2,9-10,12H2,1H3,(H2,21,27)(H,22,29)(H,23,28). The van der Waals surface area contributed by atoms with E-state index in [4.69, 9.17) is 10.2 Å². The van der Waals surface area contributed by atoms with Crippen LogP contribution in [0, 0.1) is 0 Å². The fraction of sp³-hybridized carbons (Fsp3) is 0.250. The van der Waals surface area contributed by atoms with Crippen molar-refractivity contribution in [1.29, 1.82) is 0 Å². The molecule has 0 atom stereocenters. The van der Waals surface area contributed by atoms with E-state index in [-0.39, 0.29) is 24.6 Å². The molecule has 3 amide bonds. The second-order valence-electron chi connectivity index (χ2n) is 6.38. The summed E-state index contributed by atoms with van der Waals surface area (Å²) in [5.74, 6) is 0.0593. The molecule has 0 radical (unpaired) electrons. The number of carbonyl (C=O) groups excluding carboxylic acids is 3. The molecule has 162 valence electrons. The van der Waals surface area contributed by atoms with E-state index >= 15 is 0 Å². The van der Waals surface area contributed by atoms with E-state index in [0.717, 1.165) is 0 Å². The third-order valence-electron chi connectivity index (χ3n) is 4.21. The quantitative estimate of drug-likeness (QED) is 0.407. The van der Waals surface area contributed by atoms with Gasteiger partial charge in [0.05, 0.1) is 23.3 Å². The minimum absolute atomic E-state index is 0.0367. The van der Waals surface area contributed by atoms with Crippen LogP contribution in [0.25, 0.3) is 11.6 Å². The first-order valence-corrected chi connectivity index (χ1v) is 10.5. The summed E-state index contributed by atoms with van der Waals surface area (Å²) in [4.78, 5) is 35.7. The molecule has 1 aromatic carbocycles. The highest BCUT2D eigenvalue weighted by Gasteiger charge is 2.17. The minimum Gasteiger partial charge on any atom is -0.461 e. The number of benzene rings is 1. The molecule has 0 saturated carbocycles. The van der Waals surface area contributed by atoms with E-state index in [1.807, 2.05) is 11.5 Å². The highest BCUT2D eigenvalue weighted by molar-refractivity contribution is 7.99. The first-order chi connectivity index (χ1) is 15.0. The number of amides is 3. The van der Waals surface area contributed by atoms with Gasteiger partial charge in [-0.2, -0.15) is 0 Å². The number of anilines is 1. The number of nitrogens with two attached hydrogens (primary N) is 1. The number of para-hydroxylation sites is 1. The Morgan fingerprint density at radius 3 is 2.68 bits per heavy atom. The third kappa shape index (κ3) is 5.72. The molecular formula is C20H22N6O4S. The van der Waals surface area contributed by atoms with Crippen LogP contribution in [-0.4, -0.2) is 44.8 Å². The number of rotatable bonds is 10. The van der Waals surface area contributed by atoms with Gasteiger partial charge in [0.15, 0.2) is 16.7 Å². The zero-order valence-corrected chi connectivity index (χ0v) is 17.6. The maximum atomic E-state index is 12.5. The largest absolute Gasteiger partial charge is 0.461 e. The van der Waals surface area contributed by atoms with Gasteiger partial charge in [0.2, 0.25) is 11.8 Å². The number of carbonyl (C=O) groups is 3. The fourth-order valence-corrected chi connectivity index (χ4v) is 3.57. The predicted octanol–water partition coefficient (Wildman–Crippen LogP) is 1.89. The van der Waals surface area contributed by atoms with Gasteiger partial charge in [-0.3, -0.25) is 19.0 Å². The Hall–Kier alpha value is -3.60. The summed E-state index contributed by atoms with van der Waals surface area (Å²) in [5, 5.41) is 14.2. The summed E-state index contributed by atoms with van der Waals surface area (Å²) in [5.41, 5.74) is 5.74. The van der Waals surface area contributed by atoms with Crippen molar-refractivity contribution in [2.75, 3.05) is 17.6 Å². The number of furan rings is 1. The minimum atomic E-state index is -0.506. The molecule has 0 aliphatic heterocycles. The molecule has 11 heteroatoms. The van der Waals surface area contributed by atoms with Crippen LogP contribution in [0.5, 0.6) is 0 Å². The number of aromatic nitrogens is 3. The summed E-state index contributed by atoms with van der Waals surface area (Å²) < 4.78 is 7.24. The van der Waals surface area contributed by atoms with Crippen molar-refractivity contribution in [3.05, 3.63) is 48.2 Å². The Morgan fingerprint density at radius 1 is 1.16 bits per heavy atom. The summed E-state index contributed by atoms with van der Waals surface area (Å²) in [6.07, 6.45) is 1.60. The van der Waals surface area contributed by atoms with E-state index in [1.165, 1.54) is 11.8 Å². The maximum absolute atomic E-state index is 12.5. The molecule has 0 fully saturated rings. The summed E-state index contributed by atoms with van der Waals surface area (Å²) in [6, 6.07) is 10.2. The lowest BCUT2D eigenvalue weighted by Gasteiger charge is -2.11. The first kappa shape index (κ1) is 22.1. The van der Waals surface area contributed by atoms with Crippen molar-refractivity contribution in [2.24, 2.45) is 5.73 Å². The molecule has 0 aliphatic rings. The molecule has 0 spiro atoms. The lowest BCUT2D eigenvalue weighted by atomic mass is 10.1. The lowest BCUT2D eigenvalue weighted by molar-refractivity contribution is -0.118. The van der Waals surface area contributed by atoms with Crippen molar-refractivity contribution >= 4 is 35.2 Å². The monoisotopic (exact) mass is 442 g/mol. The number of nitrogens with zero attached hydrogens (tertiary/aromatic N) is 3. The number of thioether (sulfide) groups is 1. The SMILES string of the molecule is CCn1c(SCC(=O)Nc2ccccc2C(=O)NCCC(N)=O)nnc1-c1ccco1. The van der Waals surface area contributed by atoms with Gasteiger partial charge in [-0.1, -0.05) is 23.9 Å². The molecule has 2 heterocycles. The van der Waals surface area contributed by atoms with Crippen molar-refractivity contribution in [3.8, 4) is 11.6 Å². The maximum Gasteiger partial charge on any atom is 0.253 e. The number of hydrogen-bond acceptors (Lipinski definition) is 7. The Kier molecular flexibility index (Phi) is 7.44. The summed E-state index contributed by atoms with van der Waals surface area (Å²) >= 11 is 1.23. The summed E-state index contributed by atoms with van der Waals surface area (Å²) in [6.45, 7) is 2.69. The van der Waals surface area contributed by atoms with Crippen LogP contribution in [0.1, 0.15) is 23.7 Å². The average molecular weight is 443 g/mol. The van der Waals surface area contributed by atoms with E-state index in [1.54, 1.807) is 42.7 Å². The molecule has 0 bridgehead atoms. The van der Waals surface area contributed by atoms with Crippen LogP contribution in [0.2, 0.25) is 0 Å². The normalized spacial score (nSPS) is 10.6. The molecule has 31 heavy (non-hydrogen) atoms. The van der Waals surface area contributed by atoms with Gasteiger partial charge < -0.3 is 20.8 Å². The lowest BCUT2D eigenvalue weighted by Crippen LogP contribution is -2.29. The smallest absolute Gasteiger partial charge is 0.253 e. The highest BCUT2D eigenvalue weighted by atomic mass is 32.2. The number of nitrogens with one attached hydrogen (secondary N) is 2. The molecule has 0 unspecified atom stereocenters. The van der Waals surface area contributed by atoms with Gasteiger partial charge in [-0.15, -0.1) is 10.2 Å². The average Bonchev–Trinajstić information content (AvgIpc) is 3.41. The van der Waals surface area contributed by atoms with E-state index in [0.29, 0.717) is 34.5 Å². The molecular weight excluding hydrogens is 420 g/mol. The van der Waals surface area contributed by atoms with Gasteiger partial charge in [0.25, 0.3) is 5.91 Å². The van der Waals surface area contributed by atoms with Gasteiger partial charge in [0, 0.05) is 19.5 Å². The molecule has 0 aliphatic carbocycles. The van der Waals surface area contributed by atoms with Gasteiger partial charge >= 0.3 is 0 Å². The second-order valence-corrected chi connectivity index (χ2v) is 7.32. The molecule has 3 rings (SSSR count). The van der Waals surface area contributed by atoms with Crippen LogP contribution in [0.15, 0.2) is 52.2 Å². The van der Waals surface area contributed by atoms with Gasteiger partial charge in [-0.05, 0) is 31.2 Å². The van der Waals surface area contributed by atoms with Gasteiger partial charge in [0.1, 0.15) is 0 Å². The zero-order valence-electron chi connectivity index (χ0n) is 16.8. The van der Waals surface area contributed by atoms with Crippen molar-refractivity contribution in [1.82, 2.24) is 20.1 Å². The predicted molar refractivity (Wildman–Crippen MR) is 115 cm³/mol. The van der Waals surface area contributed by atoms with Crippen molar-refractivity contribution in [2.45, 2.75) is 25.0 Å². The molecule has 0 saturated heterocycles. The molecule has 3 aromatic rings. The molecule has 4 N–H and O–H groups in total. The van der Waals surface area contributed by atoms with Crippen molar-refractivity contribution < 1.29 is 18.8 Å². The van der Waals surface area contributed by atoms with Crippen LogP contribution >= 0.6 is 11.8 Å². The molecule has 2 aromatic heterocycles. The topological polar surface area (TPSA) is 145 Å².